The van der Waals surface area contributed by atoms with Crippen LogP contribution in [0.2, 0.25) is 0 Å². The van der Waals surface area contributed by atoms with E-state index in [1.807, 2.05) is 0 Å². The fourth-order valence-electron chi connectivity index (χ4n) is 0.680. The van der Waals surface area contributed by atoms with Gasteiger partial charge in [-0.25, -0.2) is 12.8 Å². The Morgan fingerprint density at radius 2 is 1.33 bits per heavy atom. The molecule has 3 nitrogen and oxygen atoms in total. The van der Waals surface area contributed by atoms with Crippen LogP contribution in [-0.4, -0.2) is 36.5 Å². The summed E-state index contributed by atoms with van der Waals surface area (Å²) in [6.07, 6.45) is -13.1. The maximum atomic E-state index is 12.4. The van der Waals surface area contributed by atoms with Gasteiger partial charge in [-0.1, -0.05) is 0 Å². The van der Waals surface area contributed by atoms with Crippen molar-refractivity contribution in [1.82, 2.24) is 0 Å². The van der Waals surface area contributed by atoms with Gasteiger partial charge in [-0.2, -0.15) is 30.7 Å². The van der Waals surface area contributed by atoms with Crippen LogP contribution in [0.5, 0.6) is 0 Å². The van der Waals surface area contributed by atoms with E-state index in [0.717, 1.165) is 0 Å². The largest absolute Gasteiger partial charge is 1.00 e. The summed E-state index contributed by atoms with van der Waals surface area (Å²) in [5.41, 5.74) is 0. The summed E-state index contributed by atoms with van der Waals surface area (Å²) in [5.74, 6) is -6.27. The predicted octanol–water partition coefficient (Wildman–Crippen LogP) is -0.946. The van der Waals surface area contributed by atoms with Crippen molar-refractivity contribution in [3.8, 4) is 0 Å². The summed E-state index contributed by atoms with van der Waals surface area (Å²) in [4.78, 5) is 0. The molecule has 1 unspecified atom stereocenters. The molecule has 0 N–H and O–H groups in total. The zero-order valence-corrected chi connectivity index (χ0v) is 12.4. The Balaban J connectivity index is 0. The molecular weight excluding hydrogens is 331 g/mol. The van der Waals surface area contributed by atoms with Crippen LogP contribution in [0.1, 0.15) is 6.42 Å². The summed E-state index contributed by atoms with van der Waals surface area (Å²) >= 11 is 0. The zero-order chi connectivity index (χ0) is 14.3. The zero-order valence-electron chi connectivity index (χ0n) is 8.44. The molecule has 0 rings (SSSR count). The SMILES string of the molecule is O=S(=O)([O-])C(F)(F)C(F)(F)C(F)CC(F)(F)F.[K+]. The monoisotopic (exact) mass is 334 g/mol. The summed E-state index contributed by atoms with van der Waals surface area (Å²) in [5, 5.41) is -6.47. The van der Waals surface area contributed by atoms with E-state index in [2.05, 4.69) is 0 Å². The second kappa shape index (κ2) is 6.18. The second-order valence-electron chi connectivity index (χ2n) is 2.88. The van der Waals surface area contributed by atoms with Gasteiger partial charge < -0.3 is 4.55 Å². The molecule has 0 aliphatic heterocycles. The Bertz CT molecular complexity index is 377. The summed E-state index contributed by atoms with van der Waals surface area (Å²) in [6.45, 7) is 0. The van der Waals surface area contributed by atoms with Gasteiger partial charge in [0.25, 0.3) is 0 Å². The molecule has 0 heterocycles. The molecule has 0 bridgehead atoms. The van der Waals surface area contributed by atoms with Crippen molar-refractivity contribution < 1.29 is 99.5 Å². The Hall–Kier alpha value is 0.986. The average molecular weight is 334 g/mol. The molecule has 0 aromatic carbocycles. The smallest absolute Gasteiger partial charge is 0.743 e. The van der Waals surface area contributed by atoms with Gasteiger partial charge >= 0.3 is 68.7 Å². The molecule has 18 heavy (non-hydrogen) atoms. The van der Waals surface area contributed by atoms with E-state index in [1.54, 1.807) is 0 Å². The Morgan fingerprint density at radius 3 is 1.56 bits per heavy atom. The maximum Gasteiger partial charge on any atom is 1.00 e. The van der Waals surface area contributed by atoms with Crippen molar-refractivity contribution in [1.29, 1.82) is 0 Å². The first kappa shape index (κ1) is 21.3. The van der Waals surface area contributed by atoms with Crippen molar-refractivity contribution in [3.05, 3.63) is 0 Å². The number of halogens is 8. The molecule has 0 fully saturated rings. The van der Waals surface area contributed by atoms with E-state index in [9.17, 15) is 48.1 Å². The van der Waals surface area contributed by atoms with Crippen molar-refractivity contribution in [2.75, 3.05) is 0 Å². The molecule has 0 saturated carbocycles. The molecule has 0 spiro atoms. The van der Waals surface area contributed by atoms with Crippen LogP contribution in [0.25, 0.3) is 0 Å². The normalized spacial score (nSPS) is 16.1. The van der Waals surface area contributed by atoms with Gasteiger partial charge in [-0.3, -0.25) is 0 Å². The van der Waals surface area contributed by atoms with Crippen molar-refractivity contribution in [3.63, 3.8) is 0 Å². The van der Waals surface area contributed by atoms with E-state index >= 15 is 0 Å². The summed E-state index contributed by atoms with van der Waals surface area (Å²) < 4.78 is 125. The van der Waals surface area contributed by atoms with E-state index < -0.39 is 40.1 Å². The third-order valence-electron chi connectivity index (χ3n) is 1.51. The first-order valence-corrected chi connectivity index (χ1v) is 4.95. The first-order valence-electron chi connectivity index (χ1n) is 3.55. The first-order chi connectivity index (χ1) is 7.13. The molecule has 0 amide bonds. The fourth-order valence-corrected chi connectivity index (χ4v) is 1.14. The summed E-state index contributed by atoms with van der Waals surface area (Å²) in [7, 11) is -7.00. The molecule has 0 radical (unpaired) electrons. The number of hydrogen-bond donors (Lipinski definition) is 0. The van der Waals surface area contributed by atoms with Gasteiger partial charge in [0.15, 0.2) is 16.3 Å². The third-order valence-corrected chi connectivity index (χ3v) is 2.41. The Morgan fingerprint density at radius 1 is 1.00 bits per heavy atom. The van der Waals surface area contributed by atoms with Gasteiger partial charge in [0.1, 0.15) is 0 Å². The number of rotatable bonds is 4. The van der Waals surface area contributed by atoms with Crippen LogP contribution in [0.3, 0.4) is 0 Å². The van der Waals surface area contributed by atoms with Crippen molar-refractivity contribution >= 4 is 10.1 Å². The molecule has 0 aliphatic carbocycles. The van der Waals surface area contributed by atoms with Crippen LogP contribution in [0.4, 0.5) is 35.1 Å². The molecule has 104 valence electrons. The molecule has 1 atom stereocenters. The van der Waals surface area contributed by atoms with E-state index in [-0.39, 0.29) is 51.4 Å². The average Bonchev–Trinajstić information content (AvgIpc) is 1.97. The maximum absolute atomic E-state index is 12.4. The minimum absolute atomic E-state index is 0. The van der Waals surface area contributed by atoms with Crippen LogP contribution in [0.15, 0.2) is 0 Å². The molecular formula is C5H3F8KO3S. The molecule has 0 aliphatic rings. The fraction of sp³-hybridized carbons (Fsp3) is 1.00. The van der Waals surface area contributed by atoms with Crippen molar-refractivity contribution in [2.24, 2.45) is 0 Å². The molecule has 0 aromatic heterocycles. The minimum Gasteiger partial charge on any atom is -0.743 e. The van der Waals surface area contributed by atoms with E-state index in [1.165, 1.54) is 0 Å². The summed E-state index contributed by atoms with van der Waals surface area (Å²) in [6, 6.07) is 0. The quantitative estimate of drug-likeness (QED) is 0.379. The van der Waals surface area contributed by atoms with Gasteiger partial charge in [-0.15, -0.1) is 0 Å². The standard InChI is InChI=1S/C5H4F8O3S.K/c6-2(1-3(7,8)9)4(10,11)5(12,13)17(14,15)16;/h2H,1H2,(H,14,15,16);/q;+1/p-1. The van der Waals surface area contributed by atoms with Crippen molar-refractivity contribution in [2.45, 2.75) is 29.9 Å². The van der Waals surface area contributed by atoms with E-state index in [4.69, 9.17) is 0 Å². The van der Waals surface area contributed by atoms with Gasteiger partial charge in [0.05, 0.1) is 6.42 Å². The molecule has 13 heteroatoms. The molecule has 0 aromatic rings. The van der Waals surface area contributed by atoms with Crippen LogP contribution in [-0.2, 0) is 10.1 Å². The predicted molar refractivity (Wildman–Crippen MR) is 35.2 cm³/mol. The van der Waals surface area contributed by atoms with E-state index in [0.29, 0.717) is 0 Å². The minimum atomic E-state index is -7.00. The Labute approximate surface area is 138 Å². The number of alkyl halides is 8. The van der Waals surface area contributed by atoms with Crippen LogP contribution >= 0.6 is 0 Å². The van der Waals surface area contributed by atoms with Gasteiger partial charge in [-0.05, 0) is 0 Å². The van der Waals surface area contributed by atoms with Gasteiger partial charge in [0.2, 0.25) is 0 Å². The second-order valence-corrected chi connectivity index (χ2v) is 4.30. The Kier molecular flexibility index (Phi) is 7.30. The topological polar surface area (TPSA) is 57.2 Å². The third kappa shape index (κ3) is 4.83. The van der Waals surface area contributed by atoms with Crippen LogP contribution < -0.4 is 51.4 Å². The number of hydrogen-bond acceptors (Lipinski definition) is 3. The van der Waals surface area contributed by atoms with Crippen LogP contribution in [0, 0.1) is 0 Å². The molecule has 0 saturated heterocycles. The van der Waals surface area contributed by atoms with Gasteiger partial charge in [0, 0.05) is 0 Å².